The third kappa shape index (κ3) is 3.93. The normalized spacial score (nSPS) is 21.3. The van der Waals surface area contributed by atoms with Gasteiger partial charge in [-0.1, -0.05) is 0 Å². The first-order valence-corrected chi connectivity index (χ1v) is 7.85. The third-order valence-electron chi connectivity index (χ3n) is 3.32. The van der Waals surface area contributed by atoms with Crippen LogP contribution in [0.25, 0.3) is 0 Å². The Balaban J connectivity index is 2.65. The summed E-state index contributed by atoms with van der Waals surface area (Å²) in [4.78, 5) is 13.2. The van der Waals surface area contributed by atoms with E-state index in [-0.39, 0.29) is 6.54 Å². The number of rotatable bonds is 4. The Bertz CT molecular complexity index is 400. The third-order valence-corrected chi connectivity index (χ3v) is 4.81. The second-order valence-electron chi connectivity index (χ2n) is 5.00. The summed E-state index contributed by atoms with van der Waals surface area (Å²) in [6.45, 7) is 2.41. The summed E-state index contributed by atoms with van der Waals surface area (Å²) in [5.41, 5.74) is -0.972. The molecule has 1 unspecified atom stereocenters. The Morgan fingerprint density at radius 1 is 1.44 bits per heavy atom. The number of hydrogen-bond donors (Lipinski definition) is 1. The topological polar surface area (TPSA) is 83.9 Å². The Morgan fingerprint density at radius 2 is 1.94 bits per heavy atom. The average molecular weight is 279 g/mol. The maximum atomic E-state index is 11.9. The zero-order valence-electron chi connectivity index (χ0n) is 11.0. The fourth-order valence-electron chi connectivity index (χ4n) is 1.92. The van der Waals surface area contributed by atoms with Crippen molar-refractivity contribution >= 4 is 15.7 Å². The second kappa shape index (κ2) is 5.54. The summed E-state index contributed by atoms with van der Waals surface area (Å²) in [5.74, 6) is -0.489. The maximum Gasteiger partial charge on any atom is 0.240 e. The molecule has 1 aliphatic rings. The molecule has 0 bridgehead atoms. The van der Waals surface area contributed by atoms with Crippen molar-refractivity contribution in [2.75, 3.05) is 33.1 Å². The van der Waals surface area contributed by atoms with Gasteiger partial charge in [0, 0.05) is 45.9 Å². The highest BCUT2D eigenvalue weighted by Crippen LogP contribution is 2.21. The minimum Gasteiger partial charge on any atom is -0.388 e. The first-order chi connectivity index (χ1) is 8.16. The van der Waals surface area contributed by atoms with Gasteiger partial charge in [0.25, 0.3) is 0 Å². The summed E-state index contributed by atoms with van der Waals surface area (Å²) in [7, 11) is -1.89. The van der Waals surface area contributed by atoms with Gasteiger partial charge < -0.3 is 14.7 Å². The van der Waals surface area contributed by atoms with Crippen LogP contribution in [0.5, 0.6) is 0 Å². The van der Waals surface area contributed by atoms with Crippen molar-refractivity contribution in [2.45, 2.75) is 30.6 Å². The molecule has 0 aromatic heterocycles. The lowest BCUT2D eigenvalue weighted by atomic mass is 9.94. The number of aliphatic hydroxyl groups is 1. The molecule has 0 radical (unpaired) electrons. The highest BCUT2D eigenvalue weighted by Gasteiger charge is 2.35. The van der Waals surface area contributed by atoms with Gasteiger partial charge in [0.1, 0.15) is 5.25 Å². The standard InChI is InChI=1S/C11H21NO5S/c1-9(18(3,15)16)10(13)12(2)8-11(14)4-6-17-7-5-11/h9,14H,4-8H2,1-3H3. The molecule has 0 aliphatic carbocycles. The van der Waals surface area contributed by atoms with Crippen LogP contribution in [0.2, 0.25) is 0 Å². The molecule has 106 valence electrons. The van der Waals surface area contributed by atoms with Crippen LogP contribution in [0.3, 0.4) is 0 Å². The molecular weight excluding hydrogens is 258 g/mol. The van der Waals surface area contributed by atoms with E-state index in [1.165, 1.54) is 18.9 Å². The van der Waals surface area contributed by atoms with E-state index in [4.69, 9.17) is 4.74 Å². The number of carbonyl (C=O) groups is 1. The lowest BCUT2D eigenvalue weighted by Crippen LogP contribution is -2.50. The van der Waals surface area contributed by atoms with Gasteiger partial charge in [-0.15, -0.1) is 0 Å². The summed E-state index contributed by atoms with van der Waals surface area (Å²) < 4.78 is 27.8. The molecule has 7 heteroatoms. The molecule has 1 amide bonds. The number of sulfone groups is 1. The molecule has 1 fully saturated rings. The lowest BCUT2D eigenvalue weighted by molar-refractivity contribution is -0.136. The van der Waals surface area contributed by atoms with Crippen molar-refractivity contribution < 1.29 is 23.1 Å². The molecule has 1 atom stereocenters. The predicted octanol–water partition coefficient (Wildman–Crippen LogP) is -0.581. The van der Waals surface area contributed by atoms with Crippen molar-refractivity contribution in [1.82, 2.24) is 4.90 Å². The maximum absolute atomic E-state index is 11.9. The van der Waals surface area contributed by atoms with Crippen molar-refractivity contribution in [3.05, 3.63) is 0 Å². The van der Waals surface area contributed by atoms with Crippen LogP contribution in [0, 0.1) is 0 Å². The van der Waals surface area contributed by atoms with Crippen molar-refractivity contribution in [3.8, 4) is 0 Å². The molecule has 1 saturated heterocycles. The fraction of sp³-hybridized carbons (Fsp3) is 0.909. The smallest absolute Gasteiger partial charge is 0.240 e. The highest BCUT2D eigenvalue weighted by atomic mass is 32.2. The van der Waals surface area contributed by atoms with Crippen LogP contribution in [0.1, 0.15) is 19.8 Å². The Kier molecular flexibility index (Phi) is 4.74. The molecular formula is C11H21NO5S. The van der Waals surface area contributed by atoms with E-state index in [0.29, 0.717) is 26.1 Å². The predicted molar refractivity (Wildman–Crippen MR) is 66.9 cm³/mol. The van der Waals surface area contributed by atoms with Gasteiger partial charge in [-0.3, -0.25) is 4.79 Å². The number of hydrogen-bond acceptors (Lipinski definition) is 5. The molecule has 0 aromatic rings. The van der Waals surface area contributed by atoms with Crippen LogP contribution < -0.4 is 0 Å². The monoisotopic (exact) mass is 279 g/mol. The van der Waals surface area contributed by atoms with Gasteiger partial charge in [-0.2, -0.15) is 0 Å². The Labute approximate surface area is 108 Å². The number of carbonyl (C=O) groups excluding carboxylic acids is 1. The molecule has 1 rings (SSSR count). The van der Waals surface area contributed by atoms with Crippen LogP contribution in [-0.2, 0) is 19.4 Å². The summed E-state index contributed by atoms with van der Waals surface area (Å²) in [6.07, 6.45) is 1.95. The number of likely N-dealkylation sites (N-methyl/N-ethyl adjacent to an activating group) is 1. The van der Waals surface area contributed by atoms with Crippen LogP contribution in [0.15, 0.2) is 0 Å². The van der Waals surface area contributed by atoms with Gasteiger partial charge in [-0.05, 0) is 6.92 Å². The highest BCUT2D eigenvalue weighted by molar-refractivity contribution is 7.92. The zero-order valence-corrected chi connectivity index (χ0v) is 11.9. The van der Waals surface area contributed by atoms with Crippen molar-refractivity contribution in [1.29, 1.82) is 0 Å². The van der Waals surface area contributed by atoms with Gasteiger partial charge in [-0.25, -0.2) is 8.42 Å². The van der Waals surface area contributed by atoms with Gasteiger partial charge >= 0.3 is 0 Å². The Hall–Kier alpha value is -0.660. The minimum atomic E-state index is -3.41. The molecule has 0 saturated carbocycles. The molecule has 0 aromatic carbocycles. The van der Waals surface area contributed by atoms with Gasteiger partial charge in [0.2, 0.25) is 5.91 Å². The summed E-state index contributed by atoms with van der Waals surface area (Å²) >= 11 is 0. The Morgan fingerprint density at radius 3 is 2.39 bits per heavy atom. The number of amides is 1. The largest absolute Gasteiger partial charge is 0.388 e. The van der Waals surface area contributed by atoms with E-state index >= 15 is 0 Å². The molecule has 1 aliphatic heterocycles. The van der Waals surface area contributed by atoms with E-state index in [2.05, 4.69) is 0 Å². The summed E-state index contributed by atoms with van der Waals surface area (Å²) in [6, 6.07) is 0. The summed E-state index contributed by atoms with van der Waals surface area (Å²) in [5, 5.41) is 9.17. The second-order valence-corrected chi connectivity index (χ2v) is 7.37. The SMILES string of the molecule is CC(C(=O)N(C)CC1(O)CCOCC1)S(C)(=O)=O. The minimum absolute atomic E-state index is 0.134. The zero-order chi connectivity index (χ0) is 14.0. The first-order valence-electron chi connectivity index (χ1n) is 5.90. The van der Waals surface area contributed by atoms with Crippen LogP contribution in [-0.4, -0.2) is 68.2 Å². The van der Waals surface area contributed by atoms with Crippen LogP contribution in [0.4, 0.5) is 0 Å². The number of ether oxygens (including phenoxy) is 1. The van der Waals surface area contributed by atoms with Gasteiger partial charge in [0.15, 0.2) is 9.84 Å². The molecule has 6 nitrogen and oxygen atoms in total. The van der Waals surface area contributed by atoms with Gasteiger partial charge in [0.05, 0.1) is 5.60 Å². The average Bonchev–Trinajstić information content (AvgIpc) is 2.26. The van der Waals surface area contributed by atoms with E-state index in [1.54, 1.807) is 0 Å². The van der Waals surface area contributed by atoms with Crippen molar-refractivity contribution in [3.63, 3.8) is 0 Å². The van der Waals surface area contributed by atoms with Crippen LogP contribution >= 0.6 is 0 Å². The quantitative estimate of drug-likeness (QED) is 0.744. The van der Waals surface area contributed by atoms with E-state index in [1.807, 2.05) is 0 Å². The van der Waals surface area contributed by atoms with E-state index in [0.717, 1.165) is 6.26 Å². The molecule has 1 N–H and O–H groups in total. The molecule has 18 heavy (non-hydrogen) atoms. The first kappa shape index (κ1) is 15.4. The van der Waals surface area contributed by atoms with E-state index < -0.39 is 26.6 Å². The molecule has 0 spiro atoms. The fourth-order valence-corrected chi connectivity index (χ4v) is 2.47. The lowest BCUT2D eigenvalue weighted by Gasteiger charge is -2.36. The van der Waals surface area contributed by atoms with E-state index in [9.17, 15) is 18.3 Å². The van der Waals surface area contributed by atoms with Crippen molar-refractivity contribution in [2.24, 2.45) is 0 Å². The molecule has 1 heterocycles. The number of nitrogens with zero attached hydrogens (tertiary/aromatic N) is 1.